The van der Waals surface area contributed by atoms with E-state index in [1.54, 1.807) is 0 Å². The van der Waals surface area contributed by atoms with Crippen LogP contribution in [0.4, 0.5) is 5.82 Å². The van der Waals surface area contributed by atoms with Gasteiger partial charge in [-0.25, -0.2) is 9.97 Å². The number of nitrogens with one attached hydrogen (secondary N) is 1. The van der Waals surface area contributed by atoms with E-state index in [9.17, 15) is 0 Å². The summed E-state index contributed by atoms with van der Waals surface area (Å²) in [4.78, 5) is 9.09. The summed E-state index contributed by atoms with van der Waals surface area (Å²) in [6.45, 7) is 11.6. The maximum atomic E-state index is 4.56. The van der Waals surface area contributed by atoms with Crippen molar-refractivity contribution in [1.82, 2.24) is 9.97 Å². The molecule has 1 N–H and O–H groups in total. The molecule has 0 spiro atoms. The zero-order chi connectivity index (χ0) is 14.8. The normalized spacial score (nSPS) is 11.4. The van der Waals surface area contributed by atoms with Gasteiger partial charge in [-0.2, -0.15) is 0 Å². The van der Waals surface area contributed by atoms with Crippen LogP contribution in [0, 0.1) is 6.92 Å². The minimum Gasteiger partial charge on any atom is -0.370 e. The average Bonchev–Trinajstić information content (AvgIpc) is 2.37. The van der Waals surface area contributed by atoms with Crippen molar-refractivity contribution in [3.8, 4) is 11.4 Å². The summed E-state index contributed by atoms with van der Waals surface area (Å²) in [6, 6.07) is 10.5. The number of hydrogen-bond donors (Lipinski definition) is 1. The summed E-state index contributed by atoms with van der Waals surface area (Å²) in [5, 5.41) is 3.24. The third-order valence-corrected chi connectivity index (χ3v) is 3.22. The minimum absolute atomic E-state index is 0.168. The summed E-state index contributed by atoms with van der Waals surface area (Å²) in [5.41, 5.74) is 3.52. The monoisotopic (exact) mass is 269 g/mol. The summed E-state index contributed by atoms with van der Waals surface area (Å²) < 4.78 is 0. The minimum atomic E-state index is 0.168. The second-order valence-electron chi connectivity index (χ2n) is 6.08. The Morgan fingerprint density at radius 1 is 1.05 bits per heavy atom. The van der Waals surface area contributed by atoms with Crippen LogP contribution in [0.3, 0.4) is 0 Å². The number of nitrogens with zero attached hydrogens (tertiary/aromatic N) is 2. The number of rotatable bonds is 3. The van der Waals surface area contributed by atoms with E-state index in [1.165, 1.54) is 5.56 Å². The van der Waals surface area contributed by atoms with E-state index < -0.39 is 0 Å². The Morgan fingerprint density at radius 2 is 1.70 bits per heavy atom. The molecule has 0 bridgehead atoms. The Bertz CT molecular complexity index is 580. The molecular weight excluding hydrogens is 246 g/mol. The molecule has 0 aliphatic rings. The second-order valence-corrected chi connectivity index (χ2v) is 6.08. The van der Waals surface area contributed by atoms with Crippen molar-refractivity contribution >= 4 is 5.82 Å². The SMILES string of the molecule is CCNc1cc(C)nc(-c2ccc(C(C)(C)C)cc2)n1. The van der Waals surface area contributed by atoms with Crippen LogP contribution >= 0.6 is 0 Å². The number of benzene rings is 1. The van der Waals surface area contributed by atoms with Crippen LogP contribution in [0.15, 0.2) is 30.3 Å². The molecule has 3 nitrogen and oxygen atoms in total. The van der Waals surface area contributed by atoms with E-state index >= 15 is 0 Å². The van der Waals surface area contributed by atoms with Crippen molar-refractivity contribution in [2.45, 2.75) is 40.0 Å². The van der Waals surface area contributed by atoms with Crippen LogP contribution in [0.1, 0.15) is 39.0 Å². The molecule has 3 heteroatoms. The fourth-order valence-electron chi connectivity index (χ4n) is 2.09. The molecule has 2 rings (SSSR count). The van der Waals surface area contributed by atoms with Gasteiger partial charge in [0.15, 0.2) is 5.82 Å². The lowest BCUT2D eigenvalue weighted by atomic mass is 9.87. The smallest absolute Gasteiger partial charge is 0.161 e. The molecular formula is C17H23N3. The Labute approximate surface area is 121 Å². The van der Waals surface area contributed by atoms with Crippen LogP contribution < -0.4 is 5.32 Å². The van der Waals surface area contributed by atoms with E-state index in [-0.39, 0.29) is 5.41 Å². The molecule has 0 radical (unpaired) electrons. The number of anilines is 1. The van der Waals surface area contributed by atoms with Crippen molar-refractivity contribution in [2.24, 2.45) is 0 Å². The van der Waals surface area contributed by atoms with Crippen LogP contribution in [-0.2, 0) is 5.41 Å². The van der Waals surface area contributed by atoms with Gasteiger partial charge in [-0.1, -0.05) is 45.0 Å². The molecule has 0 unspecified atom stereocenters. The lowest BCUT2D eigenvalue weighted by Crippen LogP contribution is -2.10. The Morgan fingerprint density at radius 3 is 2.25 bits per heavy atom. The molecule has 20 heavy (non-hydrogen) atoms. The topological polar surface area (TPSA) is 37.8 Å². The molecule has 0 aliphatic heterocycles. The standard InChI is InChI=1S/C17H23N3/c1-6-18-15-11-12(2)19-16(20-15)13-7-9-14(10-8-13)17(3,4)5/h7-11H,6H2,1-5H3,(H,18,19,20). The molecule has 0 aliphatic carbocycles. The lowest BCUT2D eigenvalue weighted by molar-refractivity contribution is 0.590. The Hall–Kier alpha value is -1.90. The molecule has 2 aromatic rings. The third kappa shape index (κ3) is 3.35. The summed E-state index contributed by atoms with van der Waals surface area (Å²) in [7, 11) is 0. The van der Waals surface area contributed by atoms with E-state index in [1.807, 2.05) is 13.0 Å². The molecule has 1 heterocycles. The van der Waals surface area contributed by atoms with Crippen molar-refractivity contribution in [3.63, 3.8) is 0 Å². The zero-order valence-electron chi connectivity index (χ0n) is 13.0. The fraction of sp³-hybridized carbons (Fsp3) is 0.412. The van der Waals surface area contributed by atoms with E-state index in [4.69, 9.17) is 0 Å². The number of aromatic nitrogens is 2. The highest BCUT2D eigenvalue weighted by Gasteiger charge is 2.13. The zero-order valence-corrected chi connectivity index (χ0v) is 13.0. The van der Waals surface area contributed by atoms with E-state index in [0.717, 1.165) is 29.4 Å². The van der Waals surface area contributed by atoms with Gasteiger partial charge in [0, 0.05) is 23.9 Å². The average molecular weight is 269 g/mol. The molecule has 0 atom stereocenters. The van der Waals surface area contributed by atoms with Crippen molar-refractivity contribution in [1.29, 1.82) is 0 Å². The Balaban J connectivity index is 2.36. The van der Waals surface area contributed by atoms with Crippen molar-refractivity contribution in [2.75, 3.05) is 11.9 Å². The van der Waals surface area contributed by atoms with Crippen LogP contribution in [0.25, 0.3) is 11.4 Å². The summed E-state index contributed by atoms with van der Waals surface area (Å²) >= 11 is 0. The lowest BCUT2D eigenvalue weighted by Gasteiger charge is -2.19. The molecule has 0 saturated heterocycles. The van der Waals surface area contributed by atoms with E-state index in [0.29, 0.717) is 0 Å². The molecule has 1 aromatic carbocycles. The first kappa shape index (κ1) is 14.5. The van der Waals surface area contributed by atoms with Crippen LogP contribution in [0.5, 0.6) is 0 Å². The van der Waals surface area contributed by atoms with Gasteiger partial charge in [-0.15, -0.1) is 0 Å². The largest absolute Gasteiger partial charge is 0.370 e. The first-order valence-electron chi connectivity index (χ1n) is 7.10. The quantitative estimate of drug-likeness (QED) is 0.908. The first-order chi connectivity index (χ1) is 9.40. The van der Waals surface area contributed by atoms with Crippen molar-refractivity contribution in [3.05, 3.63) is 41.6 Å². The predicted octanol–water partition coefficient (Wildman–Crippen LogP) is 4.18. The Kier molecular flexibility index (Phi) is 4.07. The third-order valence-electron chi connectivity index (χ3n) is 3.22. The molecule has 0 amide bonds. The summed E-state index contributed by atoms with van der Waals surface area (Å²) in [5.74, 6) is 1.66. The maximum Gasteiger partial charge on any atom is 0.161 e. The second kappa shape index (κ2) is 5.61. The van der Waals surface area contributed by atoms with Gasteiger partial charge < -0.3 is 5.32 Å². The fourth-order valence-corrected chi connectivity index (χ4v) is 2.09. The van der Waals surface area contributed by atoms with Crippen molar-refractivity contribution < 1.29 is 0 Å². The highest BCUT2D eigenvalue weighted by atomic mass is 15.0. The van der Waals surface area contributed by atoms with Gasteiger partial charge in [0.05, 0.1) is 0 Å². The highest BCUT2D eigenvalue weighted by Crippen LogP contribution is 2.25. The molecule has 0 saturated carbocycles. The molecule has 106 valence electrons. The predicted molar refractivity (Wildman–Crippen MR) is 85.1 cm³/mol. The van der Waals surface area contributed by atoms with Gasteiger partial charge >= 0.3 is 0 Å². The maximum absolute atomic E-state index is 4.56. The highest BCUT2D eigenvalue weighted by molar-refractivity contribution is 5.58. The van der Waals surface area contributed by atoms with Gasteiger partial charge in [0.25, 0.3) is 0 Å². The van der Waals surface area contributed by atoms with Crippen LogP contribution in [0.2, 0.25) is 0 Å². The van der Waals surface area contributed by atoms with Gasteiger partial charge in [-0.05, 0) is 24.8 Å². The molecule has 1 aromatic heterocycles. The van der Waals surface area contributed by atoms with Gasteiger partial charge in [0.2, 0.25) is 0 Å². The summed E-state index contributed by atoms with van der Waals surface area (Å²) in [6.07, 6.45) is 0. The van der Waals surface area contributed by atoms with Gasteiger partial charge in [0.1, 0.15) is 5.82 Å². The van der Waals surface area contributed by atoms with E-state index in [2.05, 4.69) is 67.2 Å². The first-order valence-corrected chi connectivity index (χ1v) is 7.10. The number of aryl methyl sites for hydroxylation is 1. The van der Waals surface area contributed by atoms with Gasteiger partial charge in [-0.3, -0.25) is 0 Å². The molecule has 0 fully saturated rings. The van der Waals surface area contributed by atoms with Crippen LogP contribution in [-0.4, -0.2) is 16.5 Å². The number of hydrogen-bond acceptors (Lipinski definition) is 3.